The summed E-state index contributed by atoms with van der Waals surface area (Å²) in [6.07, 6.45) is 0. The lowest BCUT2D eigenvalue weighted by Crippen LogP contribution is -2.29. The summed E-state index contributed by atoms with van der Waals surface area (Å²) < 4.78 is 4.97. The lowest BCUT2D eigenvalue weighted by Gasteiger charge is -1.84. The first-order valence-corrected chi connectivity index (χ1v) is 2.43. The fourth-order valence-electron chi connectivity index (χ4n) is 0.516. The van der Waals surface area contributed by atoms with E-state index < -0.39 is 0 Å². The van der Waals surface area contributed by atoms with Gasteiger partial charge in [-0.15, -0.1) is 0 Å². The second kappa shape index (κ2) is 1.82. The van der Waals surface area contributed by atoms with Gasteiger partial charge in [0.2, 0.25) is 0 Å². The quantitative estimate of drug-likeness (QED) is 0.264. The topological polar surface area (TPSA) is 50.6 Å². The molecule has 1 aliphatic rings. The molecule has 0 saturated carbocycles. The van der Waals surface area contributed by atoms with Crippen LogP contribution in [0.15, 0.2) is 0 Å². The molecule has 0 bridgehead atoms. The van der Waals surface area contributed by atoms with Gasteiger partial charge in [0.15, 0.2) is 0 Å². The highest BCUT2D eigenvalue weighted by molar-refractivity contribution is 6.59. The molecule has 0 spiro atoms. The Balaban J connectivity index is 1.98. The first-order valence-electron chi connectivity index (χ1n) is 2.43. The number of rotatable bonds is 2. The third-order valence-electron chi connectivity index (χ3n) is 1.03. The largest absolute Gasteiger partial charge is 0.420 e. The van der Waals surface area contributed by atoms with Gasteiger partial charge in [-0.25, -0.2) is 0 Å². The summed E-state index contributed by atoms with van der Waals surface area (Å²) in [4.78, 5) is 0. The number of nitrogens with two attached hydrogens (primary N) is 1. The summed E-state index contributed by atoms with van der Waals surface area (Å²) in [5.41, 5.74) is 5.14. The summed E-state index contributed by atoms with van der Waals surface area (Å²) in [6, 6.07) is 0.378. The summed E-state index contributed by atoms with van der Waals surface area (Å²) in [5, 5.41) is 2.92. The van der Waals surface area contributed by atoms with E-state index in [1.165, 1.54) is 0 Å². The highest BCUT2D eigenvalue weighted by Crippen LogP contribution is 2.11. The van der Waals surface area contributed by atoms with Gasteiger partial charge < -0.3 is 15.6 Å². The van der Waals surface area contributed by atoms with Crippen LogP contribution >= 0.6 is 0 Å². The van der Waals surface area contributed by atoms with Gasteiger partial charge in [0, 0.05) is 6.67 Å². The molecule has 1 heterocycles. The zero-order valence-electron chi connectivity index (χ0n) is 4.35. The van der Waals surface area contributed by atoms with E-state index in [0.717, 1.165) is 0 Å². The van der Waals surface area contributed by atoms with Crippen LogP contribution < -0.4 is 11.0 Å². The molecule has 0 aromatic heterocycles. The van der Waals surface area contributed by atoms with Gasteiger partial charge in [0.25, 0.3) is 0 Å². The van der Waals surface area contributed by atoms with Crippen LogP contribution in [0.4, 0.5) is 0 Å². The Labute approximate surface area is 43.3 Å². The second-order valence-electron chi connectivity index (χ2n) is 1.67. The minimum absolute atomic E-state index is 0.241. The van der Waals surface area contributed by atoms with Crippen molar-refractivity contribution in [3.05, 3.63) is 0 Å². The van der Waals surface area contributed by atoms with Crippen molar-refractivity contribution >= 4 is 7.05 Å². The van der Waals surface area contributed by atoms with Crippen molar-refractivity contribution in [1.29, 1.82) is 0 Å². The highest BCUT2D eigenvalue weighted by atomic mass is 16.5. The smallest absolute Gasteiger partial charge is 0.409 e. The maximum absolute atomic E-state index is 5.14. The fraction of sp³-hybridized carbons (Fsp3) is 1.00. The molecule has 0 aromatic rings. The Morgan fingerprint density at radius 2 is 2.57 bits per heavy atom. The molecule has 0 aliphatic carbocycles. The van der Waals surface area contributed by atoms with Crippen LogP contribution in [-0.2, 0) is 4.65 Å². The molecule has 0 radical (unpaired) electrons. The average Bonchev–Trinajstić information content (AvgIpc) is 2.22. The van der Waals surface area contributed by atoms with E-state index >= 15 is 0 Å². The van der Waals surface area contributed by atoms with Gasteiger partial charge in [-0.05, 0) is 6.92 Å². The van der Waals surface area contributed by atoms with Gasteiger partial charge in [-0.2, -0.15) is 0 Å². The van der Waals surface area contributed by atoms with E-state index in [0.29, 0.717) is 12.7 Å². The molecule has 1 aliphatic heterocycles. The maximum Gasteiger partial charge on any atom is 0.409 e. The Kier molecular flexibility index (Phi) is 1.32. The number of hydrogen-bond acceptors (Lipinski definition) is 3. The molecule has 4 heteroatoms. The molecule has 7 heavy (non-hydrogen) atoms. The van der Waals surface area contributed by atoms with Crippen LogP contribution in [0.3, 0.4) is 0 Å². The van der Waals surface area contributed by atoms with E-state index in [4.69, 9.17) is 10.4 Å². The van der Waals surface area contributed by atoms with Gasteiger partial charge in [0.05, 0.1) is 6.00 Å². The van der Waals surface area contributed by atoms with Crippen molar-refractivity contribution in [2.24, 2.45) is 5.73 Å². The lowest BCUT2D eigenvalue weighted by atomic mass is 9.90. The van der Waals surface area contributed by atoms with Crippen molar-refractivity contribution in [2.45, 2.75) is 12.9 Å². The van der Waals surface area contributed by atoms with Crippen molar-refractivity contribution < 1.29 is 4.65 Å². The molecule has 0 aromatic carbocycles. The predicted octanol–water partition coefficient (Wildman–Crippen LogP) is -1.06. The summed E-state index contributed by atoms with van der Waals surface area (Å²) >= 11 is 0. The minimum atomic E-state index is 0.241. The zero-order chi connectivity index (χ0) is 5.28. The van der Waals surface area contributed by atoms with E-state index in [1.807, 2.05) is 6.92 Å². The Morgan fingerprint density at radius 3 is 2.71 bits per heavy atom. The van der Waals surface area contributed by atoms with Crippen molar-refractivity contribution in [3.8, 4) is 0 Å². The molecule has 1 fully saturated rings. The maximum atomic E-state index is 5.14. The molecule has 3 nitrogen and oxygen atoms in total. The Hall–Kier alpha value is -0.0551. The van der Waals surface area contributed by atoms with Crippen LogP contribution in [0, 0.1) is 0 Å². The summed E-state index contributed by atoms with van der Waals surface area (Å²) in [7, 11) is 0.241. The molecule has 1 atom stereocenters. The minimum Gasteiger partial charge on any atom is -0.420 e. The van der Waals surface area contributed by atoms with Crippen LogP contribution in [0.1, 0.15) is 6.92 Å². The van der Waals surface area contributed by atoms with Gasteiger partial charge in [-0.3, -0.25) is 0 Å². The van der Waals surface area contributed by atoms with Crippen molar-refractivity contribution in [1.82, 2.24) is 5.23 Å². The third kappa shape index (κ3) is 1.16. The summed E-state index contributed by atoms with van der Waals surface area (Å²) in [5.74, 6) is 0. The third-order valence-corrected chi connectivity index (χ3v) is 1.03. The van der Waals surface area contributed by atoms with Gasteiger partial charge in [-0.1, -0.05) is 0 Å². The second-order valence-corrected chi connectivity index (χ2v) is 1.67. The Bertz CT molecular complexity index is 70.0. The molecular formula is C3H9BN2O. The summed E-state index contributed by atoms with van der Waals surface area (Å²) in [6.45, 7) is 2.52. The fourth-order valence-corrected chi connectivity index (χ4v) is 0.516. The van der Waals surface area contributed by atoms with Crippen molar-refractivity contribution in [3.63, 3.8) is 0 Å². The van der Waals surface area contributed by atoms with E-state index in [-0.39, 0.29) is 7.05 Å². The number of nitrogens with one attached hydrogen (secondary N) is 1. The zero-order valence-corrected chi connectivity index (χ0v) is 4.35. The van der Waals surface area contributed by atoms with E-state index in [1.54, 1.807) is 0 Å². The van der Waals surface area contributed by atoms with E-state index in [2.05, 4.69) is 5.23 Å². The average molecular weight is 99.9 g/mol. The van der Waals surface area contributed by atoms with Gasteiger partial charge in [0.1, 0.15) is 0 Å². The monoisotopic (exact) mass is 100 g/mol. The molecule has 1 saturated heterocycles. The Morgan fingerprint density at radius 1 is 2.00 bits per heavy atom. The van der Waals surface area contributed by atoms with Crippen molar-refractivity contribution in [2.75, 3.05) is 6.67 Å². The molecule has 0 amide bonds. The first-order chi connectivity index (χ1) is 3.34. The standard InChI is InChI=1S/C3H9BN2O/c1-3-4(7-3)6-2-5/h3,6H,2,5H2,1H3. The highest BCUT2D eigenvalue weighted by Gasteiger charge is 2.39. The SMILES string of the molecule is CC1OB1NCN. The van der Waals surface area contributed by atoms with Crippen LogP contribution in [0.25, 0.3) is 0 Å². The molecule has 1 rings (SSSR count). The van der Waals surface area contributed by atoms with Crippen LogP contribution in [0.2, 0.25) is 0 Å². The number of hydrogen-bond donors (Lipinski definition) is 2. The van der Waals surface area contributed by atoms with Crippen LogP contribution in [0.5, 0.6) is 0 Å². The molecule has 40 valence electrons. The molecular weight excluding hydrogens is 90.9 g/mol. The predicted molar refractivity (Wildman–Crippen MR) is 28.5 cm³/mol. The van der Waals surface area contributed by atoms with Gasteiger partial charge >= 0.3 is 7.05 Å². The van der Waals surface area contributed by atoms with Crippen LogP contribution in [-0.4, -0.2) is 19.7 Å². The lowest BCUT2D eigenvalue weighted by molar-refractivity contribution is 0.471. The molecule has 1 unspecified atom stereocenters. The van der Waals surface area contributed by atoms with E-state index in [9.17, 15) is 0 Å². The normalized spacial score (nSPS) is 28.3. The molecule has 3 N–H and O–H groups in total. The first kappa shape index (κ1) is 5.09.